The van der Waals surface area contributed by atoms with Gasteiger partial charge in [-0.3, -0.25) is 9.67 Å². The highest BCUT2D eigenvalue weighted by molar-refractivity contribution is 5.88. The lowest BCUT2D eigenvalue weighted by Gasteiger charge is -2.04. The quantitative estimate of drug-likeness (QED) is 0.801. The van der Waals surface area contributed by atoms with Crippen molar-refractivity contribution in [2.45, 2.75) is 20.4 Å². The van der Waals surface area contributed by atoms with Crippen molar-refractivity contribution in [2.75, 3.05) is 0 Å². The molecular formula is C16H15N3O2. The summed E-state index contributed by atoms with van der Waals surface area (Å²) in [5.41, 5.74) is 3.78. The Balaban J connectivity index is 1.92. The molecule has 5 nitrogen and oxygen atoms in total. The second-order valence-corrected chi connectivity index (χ2v) is 5.11. The summed E-state index contributed by atoms with van der Waals surface area (Å²) in [5, 5.41) is 14.4. The number of carboxylic acids is 1. The van der Waals surface area contributed by atoms with E-state index >= 15 is 0 Å². The molecule has 0 fully saturated rings. The van der Waals surface area contributed by atoms with Crippen molar-refractivity contribution in [1.29, 1.82) is 0 Å². The third-order valence-electron chi connectivity index (χ3n) is 3.41. The van der Waals surface area contributed by atoms with E-state index in [9.17, 15) is 4.79 Å². The van der Waals surface area contributed by atoms with Gasteiger partial charge in [-0.05, 0) is 37.6 Å². The average Bonchev–Trinajstić information content (AvgIpc) is 2.80. The molecule has 0 unspecified atom stereocenters. The first-order valence-electron chi connectivity index (χ1n) is 6.66. The molecule has 5 heteroatoms. The molecule has 0 saturated heterocycles. The minimum atomic E-state index is -0.947. The maximum absolute atomic E-state index is 11.0. The van der Waals surface area contributed by atoms with E-state index in [-0.39, 0.29) is 5.56 Å². The number of rotatable bonds is 3. The Labute approximate surface area is 121 Å². The van der Waals surface area contributed by atoms with Crippen LogP contribution in [-0.4, -0.2) is 25.8 Å². The van der Waals surface area contributed by atoms with E-state index in [1.807, 2.05) is 31.2 Å². The third-order valence-corrected chi connectivity index (χ3v) is 3.41. The molecule has 0 radical (unpaired) electrons. The zero-order valence-corrected chi connectivity index (χ0v) is 11.9. The Morgan fingerprint density at radius 3 is 2.76 bits per heavy atom. The van der Waals surface area contributed by atoms with E-state index in [0.29, 0.717) is 12.2 Å². The van der Waals surface area contributed by atoms with Crippen LogP contribution < -0.4 is 0 Å². The van der Waals surface area contributed by atoms with Crippen molar-refractivity contribution in [3.8, 4) is 0 Å². The third kappa shape index (κ3) is 2.63. The van der Waals surface area contributed by atoms with E-state index in [2.05, 4.69) is 16.1 Å². The van der Waals surface area contributed by atoms with Gasteiger partial charge in [0.1, 0.15) is 5.56 Å². The standard InChI is InChI=1S/C16H15N3O2/c1-10-3-5-13-7-12(4-6-15(13)17-10)8-19-9-14(16(20)21)11(2)18-19/h3-7,9H,8H2,1-2H3,(H,20,21). The van der Waals surface area contributed by atoms with Crippen LogP contribution in [0.25, 0.3) is 10.9 Å². The van der Waals surface area contributed by atoms with Crippen LogP contribution in [0.4, 0.5) is 0 Å². The fraction of sp³-hybridized carbons (Fsp3) is 0.188. The van der Waals surface area contributed by atoms with Crippen molar-refractivity contribution >= 4 is 16.9 Å². The van der Waals surface area contributed by atoms with Crippen molar-refractivity contribution in [3.05, 3.63) is 59.0 Å². The Hall–Kier alpha value is -2.69. The topological polar surface area (TPSA) is 68.0 Å². The summed E-state index contributed by atoms with van der Waals surface area (Å²) in [6.07, 6.45) is 1.56. The predicted molar refractivity (Wildman–Crippen MR) is 79.5 cm³/mol. The molecule has 0 spiro atoms. The second-order valence-electron chi connectivity index (χ2n) is 5.11. The molecule has 3 aromatic rings. The van der Waals surface area contributed by atoms with Gasteiger partial charge in [-0.2, -0.15) is 5.10 Å². The summed E-state index contributed by atoms with van der Waals surface area (Å²) in [4.78, 5) is 15.5. The largest absolute Gasteiger partial charge is 0.478 e. The zero-order chi connectivity index (χ0) is 15.0. The number of fused-ring (bicyclic) bond motifs is 1. The number of aromatic nitrogens is 3. The number of hydrogen-bond donors (Lipinski definition) is 1. The average molecular weight is 281 g/mol. The Kier molecular flexibility index (Phi) is 3.17. The highest BCUT2D eigenvalue weighted by Crippen LogP contribution is 2.16. The summed E-state index contributed by atoms with van der Waals surface area (Å²) in [7, 11) is 0. The molecule has 1 aromatic carbocycles. The molecular weight excluding hydrogens is 266 g/mol. The van der Waals surface area contributed by atoms with Gasteiger partial charge >= 0.3 is 5.97 Å². The maximum Gasteiger partial charge on any atom is 0.339 e. The monoisotopic (exact) mass is 281 g/mol. The van der Waals surface area contributed by atoms with Gasteiger partial charge < -0.3 is 5.11 Å². The fourth-order valence-electron chi connectivity index (χ4n) is 2.37. The molecule has 2 heterocycles. The fourth-order valence-corrected chi connectivity index (χ4v) is 2.37. The molecule has 106 valence electrons. The molecule has 0 aliphatic carbocycles. The van der Waals surface area contributed by atoms with Crippen LogP contribution in [0.1, 0.15) is 27.3 Å². The van der Waals surface area contributed by atoms with Gasteiger partial charge in [-0.15, -0.1) is 0 Å². The van der Waals surface area contributed by atoms with E-state index in [1.165, 1.54) is 0 Å². The van der Waals surface area contributed by atoms with Gasteiger partial charge in [-0.1, -0.05) is 12.1 Å². The smallest absolute Gasteiger partial charge is 0.339 e. The Morgan fingerprint density at radius 2 is 2.05 bits per heavy atom. The minimum absolute atomic E-state index is 0.244. The first-order valence-corrected chi connectivity index (χ1v) is 6.66. The van der Waals surface area contributed by atoms with E-state index in [0.717, 1.165) is 22.2 Å². The number of carbonyl (C=O) groups is 1. The van der Waals surface area contributed by atoms with Gasteiger partial charge in [-0.25, -0.2) is 4.79 Å². The summed E-state index contributed by atoms with van der Waals surface area (Å²) in [6.45, 7) is 4.21. The number of hydrogen-bond acceptors (Lipinski definition) is 3. The van der Waals surface area contributed by atoms with Crippen molar-refractivity contribution in [1.82, 2.24) is 14.8 Å². The van der Waals surface area contributed by atoms with Gasteiger partial charge in [0, 0.05) is 17.3 Å². The normalized spacial score (nSPS) is 11.0. The molecule has 2 aromatic heterocycles. The number of aryl methyl sites for hydroxylation is 2. The highest BCUT2D eigenvalue weighted by atomic mass is 16.4. The molecule has 21 heavy (non-hydrogen) atoms. The molecule has 0 amide bonds. The van der Waals surface area contributed by atoms with Crippen molar-refractivity contribution in [3.63, 3.8) is 0 Å². The van der Waals surface area contributed by atoms with Crippen LogP contribution in [0, 0.1) is 13.8 Å². The number of nitrogens with zero attached hydrogens (tertiary/aromatic N) is 3. The Bertz CT molecular complexity index is 837. The van der Waals surface area contributed by atoms with Gasteiger partial charge in [0.15, 0.2) is 0 Å². The molecule has 1 N–H and O–H groups in total. The summed E-state index contributed by atoms with van der Waals surface area (Å²) in [5.74, 6) is -0.947. The van der Waals surface area contributed by atoms with Gasteiger partial charge in [0.2, 0.25) is 0 Å². The zero-order valence-electron chi connectivity index (χ0n) is 11.9. The first-order chi connectivity index (χ1) is 10.0. The number of pyridine rings is 1. The van der Waals surface area contributed by atoms with Crippen LogP contribution in [0.15, 0.2) is 36.5 Å². The molecule has 0 saturated carbocycles. The molecule has 0 bridgehead atoms. The first kappa shape index (κ1) is 13.3. The SMILES string of the molecule is Cc1ccc2cc(Cn3cc(C(=O)O)c(C)n3)ccc2n1. The van der Waals surface area contributed by atoms with Crippen molar-refractivity contribution in [2.24, 2.45) is 0 Å². The van der Waals surface area contributed by atoms with E-state index in [1.54, 1.807) is 17.8 Å². The maximum atomic E-state index is 11.0. The van der Waals surface area contributed by atoms with Crippen molar-refractivity contribution < 1.29 is 9.90 Å². The van der Waals surface area contributed by atoms with Crippen LogP contribution in [0.2, 0.25) is 0 Å². The van der Waals surface area contributed by atoms with Gasteiger partial charge in [0.05, 0.1) is 17.8 Å². The molecule has 0 atom stereocenters. The number of aromatic carboxylic acids is 1. The van der Waals surface area contributed by atoms with Gasteiger partial charge in [0.25, 0.3) is 0 Å². The summed E-state index contributed by atoms with van der Waals surface area (Å²) >= 11 is 0. The van der Waals surface area contributed by atoms with Crippen LogP contribution in [-0.2, 0) is 6.54 Å². The lowest BCUT2D eigenvalue weighted by atomic mass is 10.1. The summed E-state index contributed by atoms with van der Waals surface area (Å²) in [6, 6.07) is 10.0. The molecule has 0 aliphatic rings. The molecule has 3 rings (SSSR count). The van der Waals surface area contributed by atoms with E-state index in [4.69, 9.17) is 5.11 Å². The number of benzene rings is 1. The second kappa shape index (κ2) is 5.01. The Morgan fingerprint density at radius 1 is 1.24 bits per heavy atom. The molecule has 0 aliphatic heterocycles. The van der Waals surface area contributed by atoms with Crippen LogP contribution in [0.5, 0.6) is 0 Å². The number of carboxylic acid groups (broad SMARTS) is 1. The van der Waals surface area contributed by atoms with Crippen LogP contribution >= 0.6 is 0 Å². The highest BCUT2D eigenvalue weighted by Gasteiger charge is 2.11. The minimum Gasteiger partial charge on any atom is -0.478 e. The predicted octanol–water partition coefficient (Wildman–Crippen LogP) is 2.79. The van der Waals surface area contributed by atoms with E-state index < -0.39 is 5.97 Å². The lowest BCUT2D eigenvalue weighted by Crippen LogP contribution is -2.00. The van der Waals surface area contributed by atoms with Crippen LogP contribution in [0.3, 0.4) is 0 Å². The summed E-state index contributed by atoms with van der Waals surface area (Å²) < 4.78 is 1.65. The lowest BCUT2D eigenvalue weighted by molar-refractivity contribution is 0.0696.